The molecule has 0 aliphatic carbocycles. The van der Waals surface area contributed by atoms with Crippen molar-refractivity contribution >= 4 is 39.7 Å². The van der Waals surface area contributed by atoms with E-state index < -0.39 is 16.0 Å². The minimum absolute atomic E-state index is 0. The van der Waals surface area contributed by atoms with Crippen molar-refractivity contribution in [2.45, 2.75) is 6.42 Å². The summed E-state index contributed by atoms with van der Waals surface area (Å²) in [5.74, 6) is -0.515. The summed E-state index contributed by atoms with van der Waals surface area (Å²) >= 11 is 0. The van der Waals surface area contributed by atoms with E-state index in [-0.39, 0.29) is 42.8 Å². The van der Waals surface area contributed by atoms with Crippen LogP contribution in [0.5, 0.6) is 0 Å². The van der Waals surface area contributed by atoms with E-state index in [0.29, 0.717) is 6.42 Å². The van der Waals surface area contributed by atoms with Crippen molar-refractivity contribution in [2.24, 2.45) is 5.73 Å². The molecule has 0 aliphatic heterocycles. The Labute approximate surface area is 88.3 Å². The van der Waals surface area contributed by atoms with Gasteiger partial charge in [0.2, 0.25) is 0 Å². The third kappa shape index (κ3) is 8.74. The third-order valence-corrected chi connectivity index (χ3v) is 1.70. The summed E-state index contributed by atoms with van der Waals surface area (Å²) in [6, 6.07) is 0. The first kappa shape index (κ1) is 14.4. The molecule has 0 unspecified atom stereocenters. The molecule has 11 heavy (non-hydrogen) atoms. The maximum absolute atomic E-state index is 10.4. The zero-order valence-corrected chi connectivity index (χ0v) is 9.30. The Morgan fingerprint density at radius 2 is 2.00 bits per heavy atom. The SMILES string of the molecule is NCS(=O)(=O)OCCCO.[Na]. The molecule has 0 aromatic carbocycles. The smallest absolute Gasteiger partial charge is 0.280 e. The zero-order valence-electron chi connectivity index (χ0n) is 6.49. The number of aliphatic hydroxyl groups is 1. The van der Waals surface area contributed by atoms with Crippen molar-refractivity contribution in [1.29, 1.82) is 0 Å². The van der Waals surface area contributed by atoms with Gasteiger partial charge in [-0.15, -0.1) is 0 Å². The molecule has 63 valence electrons. The van der Waals surface area contributed by atoms with Gasteiger partial charge < -0.3 is 10.8 Å². The number of hydrogen-bond acceptors (Lipinski definition) is 5. The van der Waals surface area contributed by atoms with Gasteiger partial charge in [0.05, 0.1) is 6.61 Å². The average Bonchev–Trinajstić information content (AvgIpc) is 1.89. The monoisotopic (exact) mass is 192 g/mol. The maximum Gasteiger partial charge on any atom is 0.280 e. The summed E-state index contributed by atoms with van der Waals surface area (Å²) in [5, 5.41) is 8.23. The number of nitrogens with two attached hydrogens (primary N) is 1. The average molecular weight is 192 g/mol. The Morgan fingerprint density at radius 1 is 1.45 bits per heavy atom. The normalized spacial score (nSPS) is 10.7. The summed E-state index contributed by atoms with van der Waals surface area (Å²) in [6.45, 7) is -0.0872. The van der Waals surface area contributed by atoms with Gasteiger partial charge in [-0.2, -0.15) is 8.42 Å². The first-order valence-corrected chi connectivity index (χ1v) is 4.38. The van der Waals surface area contributed by atoms with Gasteiger partial charge in [-0.3, -0.25) is 4.18 Å². The van der Waals surface area contributed by atoms with Crippen molar-refractivity contribution in [3.8, 4) is 0 Å². The van der Waals surface area contributed by atoms with Crippen LogP contribution in [0.3, 0.4) is 0 Å². The van der Waals surface area contributed by atoms with Gasteiger partial charge in [0.1, 0.15) is 5.88 Å². The molecule has 5 nitrogen and oxygen atoms in total. The molecule has 0 saturated heterocycles. The summed E-state index contributed by atoms with van der Waals surface area (Å²) in [5.41, 5.74) is 4.81. The van der Waals surface area contributed by atoms with Gasteiger partial charge >= 0.3 is 0 Å². The van der Waals surface area contributed by atoms with Crippen LogP contribution < -0.4 is 5.73 Å². The van der Waals surface area contributed by atoms with Crippen LogP contribution in [0.1, 0.15) is 6.42 Å². The van der Waals surface area contributed by atoms with Gasteiger partial charge in [0, 0.05) is 36.2 Å². The maximum atomic E-state index is 10.4. The van der Waals surface area contributed by atoms with Crippen molar-refractivity contribution < 1.29 is 17.7 Å². The number of rotatable bonds is 5. The Balaban J connectivity index is 0. The van der Waals surface area contributed by atoms with Gasteiger partial charge in [-0.1, -0.05) is 0 Å². The van der Waals surface area contributed by atoms with Crippen molar-refractivity contribution in [1.82, 2.24) is 0 Å². The third-order valence-electron chi connectivity index (χ3n) is 0.769. The molecule has 0 amide bonds. The molecule has 7 heteroatoms. The van der Waals surface area contributed by atoms with Gasteiger partial charge in [-0.05, 0) is 6.42 Å². The molecular formula is C4H11NNaO4S. The molecular weight excluding hydrogens is 181 g/mol. The molecule has 0 spiro atoms. The van der Waals surface area contributed by atoms with Crippen LogP contribution in [0.15, 0.2) is 0 Å². The van der Waals surface area contributed by atoms with Crippen molar-refractivity contribution in [3.63, 3.8) is 0 Å². The Hall–Kier alpha value is 0.830. The molecule has 0 heterocycles. The second-order valence-corrected chi connectivity index (χ2v) is 3.31. The first-order valence-electron chi connectivity index (χ1n) is 2.80. The first-order chi connectivity index (χ1) is 4.62. The second kappa shape index (κ2) is 7.48. The van der Waals surface area contributed by atoms with E-state index in [2.05, 4.69) is 4.18 Å². The van der Waals surface area contributed by atoms with Crippen molar-refractivity contribution in [3.05, 3.63) is 0 Å². The largest absolute Gasteiger partial charge is 0.396 e. The predicted molar refractivity (Wildman–Crippen MR) is 41.4 cm³/mol. The Morgan fingerprint density at radius 3 is 2.36 bits per heavy atom. The molecule has 0 bridgehead atoms. The van der Waals surface area contributed by atoms with Crippen LogP contribution >= 0.6 is 0 Å². The molecule has 0 aliphatic rings. The van der Waals surface area contributed by atoms with Crippen LogP contribution in [0.2, 0.25) is 0 Å². The number of hydrogen-bond donors (Lipinski definition) is 2. The summed E-state index contributed by atoms with van der Waals surface area (Å²) < 4.78 is 25.2. The fourth-order valence-corrected chi connectivity index (χ4v) is 0.767. The quantitative estimate of drug-likeness (QED) is 0.306. The fraction of sp³-hybridized carbons (Fsp3) is 1.00. The van der Waals surface area contributed by atoms with E-state index in [0.717, 1.165) is 0 Å². The molecule has 0 aromatic rings. The standard InChI is InChI=1S/C4H11NO4S.Na/c5-4-10(7,8)9-3-1-2-6;/h6H,1-5H2;. The van der Waals surface area contributed by atoms with Crippen LogP contribution in [-0.2, 0) is 14.3 Å². The van der Waals surface area contributed by atoms with Crippen LogP contribution in [0, 0.1) is 0 Å². The number of aliphatic hydroxyl groups excluding tert-OH is 1. The molecule has 0 aromatic heterocycles. The molecule has 3 N–H and O–H groups in total. The summed E-state index contributed by atoms with van der Waals surface area (Å²) in [4.78, 5) is 0. The predicted octanol–water partition coefficient (Wildman–Crippen LogP) is -1.75. The molecule has 1 radical (unpaired) electrons. The van der Waals surface area contributed by atoms with E-state index in [1.54, 1.807) is 0 Å². The summed E-state index contributed by atoms with van der Waals surface area (Å²) in [6.07, 6.45) is 0.305. The minimum Gasteiger partial charge on any atom is -0.396 e. The van der Waals surface area contributed by atoms with Crippen LogP contribution in [-0.4, -0.2) is 62.2 Å². The van der Waals surface area contributed by atoms with Gasteiger partial charge in [0.25, 0.3) is 10.1 Å². The van der Waals surface area contributed by atoms with Crippen LogP contribution in [0.25, 0.3) is 0 Å². The molecule has 0 saturated carbocycles. The minimum atomic E-state index is -3.53. The Bertz CT molecular complexity index is 169. The van der Waals surface area contributed by atoms with E-state index >= 15 is 0 Å². The molecule has 0 atom stereocenters. The van der Waals surface area contributed by atoms with Crippen molar-refractivity contribution in [2.75, 3.05) is 19.1 Å². The fourth-order valence-electron chi connectivity index (χ4n) is 0.299. The van der Waals surface area contributed by atoms with Gasteiger partial charge in [0.15, 0.2) is 0 Å². The van der Waals surface area contributed by atoms with E-state index in [4.69, 9.17) is 10.8 Å². The van der Waals surface area contributed by atoms with Gasteiger partial charge in [-0.25, -0.2) is 0 Å². The second-order valence-electron chi connectivity index (χ2n) is 1.62. The molecule has 0 rings (SSSR count). The summed E-state index contributed by atoms with van der Waals surface area (Å²) in [7, 11) is -3.53. The van der Waals surface area contributed by atoms with E-state index in [9.17, 15) is 8.42 Å². The topological polar surface area (TPSA) is 89.6 Å². The van der Waals surface area contributed by atoms with E-state index in [1.807, 2.05) is 0 Å². The Kier molecular flexibility index (Phi) is 9.76. The van der Waals surface area contributed by atoms with Crippen LogP contribution in [0.4, 0.5) is 0 Å². The molecule has 0 fully saturated rings. The zero-order chi connectivity index (χ0) is 8.04. The van der Waals surface area contributed by atoms with E-state index in [1.165, 1.54) is 0 Å².